The van der Waals surface area contributed by atoms with Gasteiger partial charge in [-0.25, -0.2) is 0 Å². The molecule has 2 aliphatic rings. The number of nitrogens with zero attached hydrogens (tertiary/aromatic N) is 3. The minimum Gasteiger partial charge on any atom is -0.423 e. The predicted octanol–water partition coefficient (Wildman–Crippen LogP) is 11.3. The first-order chi connectivity index (χ1) is 22.8. The Morgan fingerprint density at radius 2 is 1.48 bits per heavy atom. The fourth-order valence-corrected chi connectivity index (χ4v) is 9.71. The number of fused-ring (bicyclic) bond motifs is 6. The van der Waals surface area contributed by atoms with Gasteiger partial charge in [0, 0.05) is 42.4 Å². The number of hydrogen-bond donors (Lipinski definition) is 0. The molecule has 214 valence electrons. The summed E-state index contributed by atoms with van der Waals surface area (Å²) in [4.78, 5) is 5.27. The van der Waals surface area contributed by atoms with Gasteiger partial charge in [0.25, 0.3) is 0 Å². The third kappa shape index (κ3) is 2.76. The van der Waals surface area contributed by atoms with Crippen LogP contribution in [0.15, 0.2) is 132 Å². The molecule has 2 unspecified atom stereocenters. The second kappa shape index (κ2) is 8.13. The largest absolute Gasteiger partial charge is 0.423 e. The van der Waals surface area contributed by atoms with E-state index in [0.717, 1.165) is 33.3 Å². The fourth-order valence-electron chi connectivity index (χ4n) is 8.60. The molecular weight excluding hydrogens is 583 g/mol. The van der Waals surface area contributed by atoms with Crippen molar-refractivity contribution in [2.24, 2.45) is 0 Å². The van der Waals surface area contributed by atoms with Gasteiger partial charge in [-0.15, -0.1) is 11.3 Å². The van der Waals surface area contributed by atoms with E-state index in [1.807, 2.05) is 17.4 Å². The fraction of sp³-hybridized carbons (Fsp3) is 0.0488. The molecule has 0 saturated carbocycles. The number of hydrogen-bond acceptors (Lipinski definition) is 3. The summed E-state index contributed by atoms with van der Waals surface area (Å²) in [5.74, 6) is 0.336. The normalized spacial score (nSPS) is 17.4. The quantitative estimate of drug-likeness (QED) is 0.197. The van der Waals surface area contributed by atoms with Gasteiger partial charge in [-0.05, 0) is 64.4 Å². The molecule has 5 heterocycles. The van der Waals surface area contributed by atoms with Gasteiger partial charge in [-0.2, -0.15) is 4.98 Å². The zero-order chi connectivity index (χ0) is 29.7. The predicted molar refractivity (Wildman–Crippen MR) is 191 cm³/mol. The summed E-state index contributed by atoms with van der Waals surface area (Å²) in [5, 5.41) is 7.74. The average molecular weight is 606 g/mol. The highest BCUT2D eigenvalue weighted by molar-refractivity contribution is 7.26. The van der Waals surface area contributed by atoms with E-state index < -0.39 is 0 Å². The van der Waals surface area contributed by atoms with Crippen molar-refractivity contribution in [2.75, 3.05) is 0 Å². The first-order valence-corrected chi connectivity index (χ1v) is 16.6. The van der Waals surface area contributed by atoms with E-state index in [1.54, 1.807) is 0 Å². The van der Waals surface area contributed by atoms with Crippen molar-refractivity contribution in [3.8, 4) is 17.1 Å². The number of rotatable bonds is 2. The molecule has 0 N–H and O–H groups in total. The molecule has 4 nitrogen and oxygen atoms in total. The molecule has 1 aliphatic heterocycles. The zero-order valence-electron chi connectivity index (χ0n) is 24.4. The maximum atomic E-state index is 6.68. The van der Waals surface area contributed by atoms with Crippen molar-refractivity contribution in [2.45, 2.75) is 12.0 Å². The van der Waals surface area contributed by atoms with E-state index in [9.17, 15) is 0 Å². The molecule has 0 fully saturated rings. The van der Waals surface area contributed by atoms with Gasteiger partial charge in [0.2, 0.25) is 0 Å². The molecule has 0 amide bonds. The molecule has 2 atom stereocenters. The Morgan fingerprint density at radius 3 is 2.46 bits per heavy atom. The van der Waals surface area contributed by atoms with Crippen molar-refractivity contribution in [1.29, 1.82) is 0 Å². The first kappa shape index (κ1) is 23.7. The molecule has 46 heavy (non-hydrogen) atoms. The topological polar surface area (TPSA) is 35.9 Å². The van der Waals surface area contributed by atoms with Crippen LogP contribution in [0, 0.1) is 0 Å². The lowest BCUT2D eigenvalue weighted by Gasteiger charge is -2.20. The van der Waals surface area contributed by atoms with Crippen molar-refractivity contribution in [1.82, 2.24) is 14.1 Å². The SMILES string of the molecule is C1=CC2c3ccc4sc5ccc6c7c5c4c3n(c3cccc(c73)n6-c3nc4c(-c5ccc6ccccc6c5)cccc4o3)C2C=C1. The minimum atomic E-state index is 0.243. The number of allylic oxidation sites excluding steroid dienone is 4. The molecule has 4 aromatic heterocycles. The third-order valence-electron chi connectivity index (χ3n) is 10.5. The zero-order valence-corrected chi connectivity index (χ0v) is 25.3. The standard InChI is InChI=1S/C41H23N3OS/c1-2-8-23-21-24(16-15-22(23)7-1)25-10-5-14-32-39(25)42-41(45-32)44-30-13-6-12-29-35(30)36-31(44)18-20-33-37(36)38-34(46-33)19-17-27-26-9-3-4-11-28(26)43(29)40(27)38/h1-21,26,28H. The number of aromatic nitrogens is 3. The number of thiophene rings is 1. The van der Waals surface area contributed by atoms with Crippen LogP contribution < -0.4 is 0 Å². The highest BCUT2D eigenvalue weighted by atomic mass is 32.1. The monoisotopic (exact) mass is 605 g/mol. The van der Waals surface area contributed by atoms with Crippen molar-refractivity contribution >= 4 is 86.2 Å². The van der Waals surface area contributed by atoms with E-state index in [4.69, 9.17) is 9.40 Å². The lowest BCUT2D eigenvalue weighted by molar-refractivity contribution is 0.574. The average Bonchev–Trinajstić information content (AvgIpc) is 3.84. The van der Waals surface area contributed by atoms with Crippen LogP contribution in [-0.2, 0) is 0 Å². The summed E-state index contributed by atoms with van der Waals surface area (Å²) < 4.78 is 14.2. The van der Waals surface area contributed by atoms with E-state index in [-0.39, 0.29) is 6.04 Å². The van der Waals surface area contributed by atoms with E-state index in [0.29, 0.717) is 11.9 Å². The van der Waals surface area contributed by atoms with Crippen LogP contribution in [0.3, 0.4) is 0 Å². The number of benzene rings is 6. The number of para-hydroxylation sites is 1. The van der Waals surface area contributed by atoms with Gasteiger partial charge in [-0.3, -0.25) is 4.57 Å². The minimum absolute atomic E-state index is 0.243. The van der Waals surface area contributed by atoms with Crippen LogP contribution in [0.1, 0.15) is 17.5 Å². The van der Waals surface area contributed by atoms with Gasteiger partial charge in [0.1, 0.15) is 5.52 Å². The molecule has 0 bridgehead atoms. The van der Waals surface area contributed by atoms with Crippen LogP contribution in [0.4, 0.5) is 0 Å². The van der Waals surface area contributed by atoms with Gasteiger partial charge in [0.15, 0.2) is 5.58 Å². The van der Waals surface area contributed by atoms with E-state index >= 15 is 0 Å². The van der Waals surface area contributed by atoms with E-state index in [2.05, 4.69) is 131 Å². The molecule has 1 aliphatic carbocycles. The number of oxazole rings is 1. The summed E-state index contributed by atoms with van der Waals surface area (Å²) >= 11 is 1.90. The molecule has 6 aromatic carbocycles. The second-order valence-electron chi connectivity index (χ2n) is 12.7. The lowest BCUT2D eigenvalue weighted by Crippen LogP contribution is -2.09. The maximum Gasteiger partial charge on any atom is 0.307 e. The van der Waals surface area contributed by atoms with Gasteiger partial charge < -0.3 is 8.98 Å². The van der Waals surface area contributed by atoms with Crippen LogP contribution in [0.25, 0.3) is 92.0 Å². The molecule has 0 spiro atoms. The maximum absolute atomic E-state index is 6.68. The van der Waals surface area contributed by atoms with Gasteiger partial charge in [0.05, 0.1) is 28.1 Å². The highest BCUT2D eigenvalue weighted by Gasteiger charge is 2.35. The Labute approximate surface area is 266 Å². The second-order valence-corrected chi connectivity index (χ2v) is 13.8. The summed E-state index contributed by atoms with van der Waals surface area (Å²) in [7, 11) is 0. The molecule has 10 aromatic rings. The highest BCUT2D eigenvalue weighted by Crippen LogP contribution is 2.54. The lowest BCUT2D eigenvalue weighted by atomic mass is 9.90. The van der Waals surface area contributed by atoms with Crippen molar-refractivity contribution in [3.05, 3.63) is 133 Å². The first-order valence-electron chi connectivity index (χ1n) is 15.8. The van der Waals surface area contributed by atoms with Crippen LogP contribution in [0.2, 0.25) is 0 Å². The van der Waals surface area contributed by atoms with Crippen molar-refractivity contribution in [3.63, 3.8) is 0 Å². The molecule has 0 radical (unpaired) electrons. The van der Waals surface area contributed by atoms with Gasteiger partial charge in [-0.1, -0.05) is 85.0 Å². The molecule has 0 saturated heterocycles. The van der Waals surface area contributed by atoms with Crippen molar-refractivity contribution < 1.29 is 4.42 Å². The molecular formula is C41H23N3OS. The van der Waals surface area contributed by atoms with Crippen LogP contribution >= 0.6 is 11.3 Å². The smallest absolute Gasteiger partial charge is 0.307 e. The van der Waals surface area contributed by atoms with Gasteiger partial charge >= 0.3 is 6.01 Å². The Balaban J connectivity index is 1.20. The summed E-state index contributed by atoms with van der Waals surface area (Å²) in [5.41, 5.74) is 10.2. The van der Waals surface area contributed by atoms with E-state index in [1.165, 1.54) is 58.3 Å². The Hall–Kier alpha value is -5.65. The Bertz CT molecular complexity index is 3000. The summed E-state index contributed by atoms with van der Waals surface area (Å²) in [6.45, 7) is 0. The Kier molecular flexibility index (Phi) is 4.19. The van der Waals surface area contributed by atoms with Crippen LogP contribution in [-0.4, -0.2) is 14.1 Å². The third-order valence-corrected chi connectivity index (χ3v) is 11.6. The van der Waals surface area contributed by atoms with Crippen LogP contribution in [0.5, 0.6) is 0 Å². The molecule has 5 heteroatoms. The summed E-state index contributed by atoms with van der Waals surface area (Å²) in [6.07, 6.45) is 9.16. The Morgan fingerprint density at radius 1 is 0.652 bits per heavy atom. The molecule has 12 rings (SSSR count). The summed E-state index contributed by atoms with van der Waals surface area (Å²) in [6, 6.07) is 38.2.